The molecule has 16 heavy (non-hydrogen) atoms. The Morgan fingerprint density at radius 1 is 0.875 bits per heavy atom. The molecule has 1 rings (SSSR count). The summed E-state index contributed by atoms with van der Waals surface area (Å²) in [7, 11) is 0. The molecule has 7 heteroatoms. The van der Waals surface area contributed by atoms with Crippen molar-refractivity contribution in [3.05, 3.63) is 33.8 Å². The van der Waals surface area contributed by atoms with Crippen molar-refractivity contribution in [3.63, 3.8) is 0 Å². The molecule has 0 heterocycles. The molecule has 0 N–H and O–H groups in total. The molecule has 0 aliphatic carbocycles. The average molecular weight is 263 g/mol. The molecule has 0 saturated heterocycles. The SMILES string of the molecule is Cc1c(C(F)(F)F)ccc(C(F)(F)F)c1Cl. The van der Waals surface area contributed by atoms with E-state index < -0.39 is 34.1 Å². The quantitative estimate of drug-likeness (QED) is 0.595. The van der Waals surface area contributed by atoms with Crippen LogP contribution in [0.1, 0.15) is 16.7 Å². The molecule has 1 aromatic carbocycles. The minimum atomic E-state index is -4.76. The van der Waals surface area contributed by atoms with Crippen molar-refractivity contribution < 1.29 is 26.3 Å². The molecule has 1 aromatic rings. The van der Waals surface area contributed by atoms with Gasteiger partial charge in [-0.05, 0) is 24.6 Å². The highest BCUT2D eigenvalue weighted by Crippen LogP contribution is 2.41. The predicted octanol–water partition coefficient (Wildman–Crippen LogP) is 4.69. The van der Waals surface area contributed by atoms with Gasteiger partial charge in [0.1, 0.15) is 0 Å². The second-order valence-corrected chi connectivity index (χ2v) is 3.47. The van der Waals surface area contributed by atoms with Crippen LogP contribution in [0, 0.1) is 6.92 Å². The van der Waals surface area contributed by atoms with Crippen LogP contribution in [-0.4, -0.2) is 0 Å². The van der Waals surface area contributed by atoms with Gasteiger partial charge in [0.05, 0.1) is 16.1 Å². The highest BCUT2D eigenvalue weighted by molar-refractivity contribution is 6.32. The molecule has 0 unspecified atom stereocenters. The van der Waals surface area contributed by atoms with Gasteiger partial charge < -0.3 is 0 Å². The summed E-state index contributed by atoms with van der Waals surface area (Å²) < 4.78 is 73.8. The van der Waals surface area contributed by atoms with E-state index in [4.69, 9.17) is 11.6 Å². The third-order valence-electron chi connectivity index (χ3n) is 2.00. The maximum absolute atomic E-state index is 12.3. The molecule has 0 aliphatic rings. The first-order chi connectivity index (χ1) is 7.05. The lowest BCUT2D eigenvalue weighted by Gasteiger charge is -2.15. The van der Waals surface area contributed by atoms with Crippen LogP contribution in [0.25, 0.3) is 0 Å². The highest BCUT2D eigenvalue weighted by atomic mass is 35.5. The van der Waals surface area contributed by atoms with Crippen molar-refractivity contribution in [2.24, 2.45) is 0 Å². The third-order valence-corrected chi connectivity index (χ3v) is 2.48. The monoisotopic (exact) mass is 262 g/mol. The summed E-state index contributed by atoms with van der Waals surface area (Å²) in [6, 6.07) is 0.711. The summed E-state index contributed by atoms with van der Waals surface area (Å²) in [6.45, 7) is 0.903. The van der Waals surface area contributed by atoms with E-state index in [1.54, 1.807) is 0 Å². The lowest BCUT2D eigenvalue weighted by molar-refractivity contribution is -0.141. The molecule has 0 bridgehead atoms. The minimum Gasteiger partial charge on any atom is -0.166 e. The van der Waals surface area contributed by atoms with Crippen molar-refractivity contribution in [3.8, 4) is 0 Å². The van der Waals surface area contributed by atoms with E-state index >= 15 is 0 Å². The fourth-order valence-corrected chi connectivity index (χ4v) is 1.48. The van der Waals surface area contributed by atoms with Crippen LogP contribution < -0.4 is 0 Å². The number of benzene rings is 1. The van der Waals surface area contributed by atoms with Gasteiger partial charge in [-0.3, -0.25) is 0 Å². The zero-order valence-electron chi connectivity index (χ0n) is 7.80. The third kappa shape index (κ3) is 2.42. The van der Waals surface area contributed by atoms with E-state index in [0.717, 1.165) is 6.92 Å². The van der Waals surface area contributed by atoms with Gasteiger partial charge in [-0.2, -0.15) is 26.3 Å². The molecule has 0 aromatic heterocycles. The van der Waals surface area contributed by atoms with Crippen molar-refractivity contribution >= 4 is 11.6 Å². The molecule has 0 amide bonds. The Labute approximate surface area is 91.8 Å². The van der Waals surface area contributed by atoms with E-state index in [9.17, 15) is 26.3 Å². The van der Waals surface area contributed by atoms with Gasteiger partial charge in [0, 0.05) is 0 Å². The Kier molecular flexibility index (Phi) is 3.15. The minimum absolute atomic E-state index is 0.332. The van der Waals surface area contributed by atoms with Crippen LogP contribution in [0.4, 0.5) is 26.3 Å². The summed E-state index contributed by atoms with van der Waals surface area (Å²) in [5, 5.41) is -0.915. The molecule has 0 fully saturated rings. The number of hydrogen-bond donors (Lipinski definition) is 0. The van der Waals surface area contributed by atoms with Crippen LogP contribution >= 0.6 is 11.6 Å². The Bertz CT molecular complexity index is 365. The largest absolute Gasteiger partial charge is 0.417 e. The van der Waals surface area contributed by atoms with Crippen molar-refractivity contribution in [2.75, 3.05) is 0 Å². The smallest absolute Gasteiger partial charge is 0.166 e. The van der Waals surface area contributed by atoms with Gasteiger partial charge in [-0.1, -0.05) is 11.6 Å². The summed E-state index contributed by atoms with van der Waals surface area (Å²) in [6.07, 6.45) is -9.47. The number of hydrogen-bond acceptors (Lipinski definition) is 0. The second kappa shape index (κ2) is 3.84. The van der Waals surface area contributed by atoms with Crippen LogP contribution in [0.3, 0.4) is 0 Å². The standard InChI is InChI=1S/C9H5ClF6/c1-4-5(8(11,12)13)2-3-6(7(4)10)9(14,15)16/h2-3H,1H3. The lowest BCUT2D eigenvalue weighted by atomic mass is 10.0. The van der Waals surface area contributed by atoms with E-state index in [-0.39, 0.29) is 0 Å². The summed E-state index contributed by atoms with van der Waals surface area (Å²) in [5.41, 5.74) is -3.05. The van der Waals surface area contributed by atoms with Gasteiger partial charge in [0.15, 0.2) is 0 Å². The number of halogens is 7. The molecule has 0 atom stereocenters. The fraction of sp³-hybridized carbons (Fsp3) is 0.333. The average Bonchev–Trinajstić information content (AvgIpc) is 2.05. The summed E-state index contributed by atoms with van der Waals surface area (Å²) >= 11 is 5.27. The number of rotatable bonds is 0. The fourth-order valence-electron chi connectivity index (χ4n) is 1.21. The van der Waals surface area contributed by atoms with Crippen molar-refractivity contribution in [1.82, 2.24) is 0 Å². The Morgan fingerprint density at radius 2 is 1.25 bits per heavy atom. The van der Waals surface area contributed by atoms with E-state index in [0.29, 0.717) is 12.1 Å². The van der Waals surface area contributed by atoms with E-state index in [2.05, 4.69) is 0 Å². The highest BCUT2D eigenvalue weighted by Gasteiger charge is 2.38. The molecule has 0 spiro atoms. The zero-order valence-corrected chi connectivity index (χ0v) is 8.56. The maximum Gasteiger partial charge on any atom is 0.417 e. The van der Waals surface area contributed by atoms with E-state index in [1.807, 2.05) is 0 Å². The molecule has 0 aliphatic heterocycles. The molecular weight excluding hydrogens is 258 g/mol. The first-order valence-electron chi connectivity index (χ1n) is 3.98. The van der Waals surface area contributed by atoms with Gasteiger partial charge in [0.25, 0.3) is 0 Å². The predicted molar refractivity (Wildman–Crippen MR) is 46.2 cm³/mol. The first-order valence-corrected chi connectivity index (χ1v) is 4.36. The first kappa shape index (κ1) is 13.2. The maximum atomic E-state index is 12.3. The molecule has 0 saturated carbocycles. The lowest BCUT2D eigenvalue weighted by Crippen LogP contribution is -2.12. The van der Waals surface area contributed by atoms with Crippen LogP contribution in [-0.2, 0) is 12.4 Å². The molecule has 0 radical (unpaired) electrons. The molecule has 90 valence electrons. The zero-order chi connectivity index (χ0) is 12.7. The summed E-state index contributed by atoms with van der Waals surface area (Å²) in [4.78, 5) is 0. The van der Waals surface area contributed by atoms with Gasteiger partial charge in [-0.15, -0.1) is 0 Å². The second-order valence-electron chi connectivity index (χ2n) is 3.10. The van der Waals surface area contributed by atoms with Crippen LogP contribution in [0.2, 0.25) is 5.02 Å². The number of alkyl halides is 6. The van der Waals surface area contributed by atoms with Crippen LogP contribution in [0.15, 0.2) is 12.1 Å². The normalized spacial score (nSPS) is 13.0. The van der Waals surface area contributed by atoms with Gasteiger partial charge >= 0.3 is 12.4 Å². The van der Waals surface area contributed by atoms with Crippen molar-refractivity contribution in [1.29, 1.82) is 0 Å². The van der Waals surface area contributed by atoms with Crippen LogP contribution in [0.5, 0.6) is 0 Å². The van der Waals surface area contributed by atoms with E-state index in [1.165, 1.54) is 0 Å². The van der Waals surface area contributed by atoms with Gasteiger partial charge in [-0.25, -0.2) is 0 Å². The molecule has 0 nitrogen and oxygen atoms in total. The Morgan fingerprint density at radius 3 is 1.62 bits per heavy atom. The van der Waals surface area contributed by atoms with Crippen molar-refractivity contribution in [2.45, 2.75) is 19.3 Å². The topological polar surface area (TPSA) is 0 Å². The molecular formula is C9H5ClF6. The Hall–Kier alpha value is -0.910. The van der Waals surface area contributed by atoms with Gasteiger partial charge in [0.2, 0.25) is 0 Å². The Balaban J connectivity index is 3.41. The summed E-state index contributed by atoms with van der Waals surface area (Å²) in [5.74, 6) is 0.